The molecule has 0 aliphatic rings. The molecule has 246 valence electrons. The predicted molar refractivity (Wildman–Crippen MR) is 224 cm³/mol. The molecule has 2 heteroatoms. The van der Waals surface area contributed by atoms with E-state index in [0.29, 0.717) is 0 Å². The molecule has 0 spiro atoms. The average molecular weight is 673 g/mol. The first-order valence-electron chi connectivity index (χ1n) is 18.2. The largest absolute Gasteiger partial charge is 0.309 e. The van der Waals surface area contributed by atoms with Crippen LogP contribution < -0.4 is 0 Å². The first-order valence-corrected chi connectivity index (χ1v) is 18.2. The van der Waals surface area contributed by atoms with E-state index in [1.807, 2.05) is 0 Å². The highest BCUT2D eigenvalue weighted by atomic mass is 15.0. The fourth-order valence-corrected chi connectivity index (χ4v) is 8.49. The maximum Gasteiger partial charge on any atom is 0.0715 e. The SMILES string of the molecule is c1ccc(-c2cc(-c3ccc4ccc5c(-c6ccc(-n7c8ccccc8c8ccccc87)cc6)ccc6ccc3c4c65)cc(-c3ccccc3)n2)cc1. The molecule has 9 aromatic carbocycles. The van der Waals surface area contributed by atoms with Crippen molar-refractivity contribution in [1.82, 2.24) is 9.55 Å². The van der Waals surface area contributed by atoms with Gasteiger partial charge in [-0.25, -0.2) is 4.98 Å². The van der Waals surface area contributed by atoms with E-state index in [1.165, 1.54) is 70.8 Å². The highest BCUT2D eigenvalue weighted by molar-refractivity contribution is 6.27. The van der Waals surface area contributed by atoms with Crippen LogP contribution in [0.1, 0.15) is 0 Å². The Morgan fingerprint density at radius 3 is 1.30 bits per heavy atom. The fourth-order valence-electron chi connectivity index (χ4n) is 8.49. The van der Waals surface area contributed by atoms with Gasteiger partial charge in [0.15, 0.2) is 0 Å². The molecular weight excluding hydrogens is 641 g/mol. The third kappa shape index (κ3) is 4.70. The molecule has 0 unspecified atom stereocenters. The van der Waals surface area contributed by atoms with E-state index in [0.717, 1.165) is 33.8 Å². The van der Waals surface area contributed by atoms with Crippen molar-refractivity contribution in [3.63, 3.8) is 0 Å². The second-order valence-corrected chi connectivity index (χ2v) is 13.9. The summed E-state index contributed by atoms with van der Waals surface area (Å²) in [4.78, 5) is 5.16. The summed E-state index contributed by atoms with van der Waals surface area (Å²) in [5, 5.41) is 10.2. The Kier molecular flexibility index (Phi) is 6.59. The highest BCUT2D eigenvalue weighted by Gasteiger charge is 2.17. The molecule has 0 saturated heterocycles. The van der Waals surface area contributed by atoms with Gasteiger partial charge in [0, 0.05) is 27.6 Å². The molecule has 0 amide bonds. The zero-order valence-corrected chi connectivity index (χ0v) is 28.9. The number of rotatable bonds is 5. The summed E-state index contributed by atoms with van der Waals surface area (Å²) in [6, 6.07) is 70.3. The van der Waals surface area contributed by atoms with Gasteiger partial charge < -0.3 is 4.57 Å². The number of aromatic nitrogens is 2. The first-order chi connectivity index (χ1) is 26.3. The number of benzene rings is 9. The molecule has 2 heterocycles. The van der Waals surface area contributed by atoms with Gasteiger partial charge in [-0.1, -0.05) is 158 Å². The minimum atomic E-state index is 0.972. The molecular formula is C51H32N2. The molecule has 0 bridgehead atoms. The van der Waals surface area contributed by atoms with Gasteiger partial charge >= 0.3 is 0 Å². The Hall–Kier alpha value is -7.03. The Balaban J connectivity index is 1.08. The van der Waals surface area contributed by atoms with E-state index in [-0.39, 0.29) is 0 Å². The summed E-state index contributed by atoms with van der Waals surface area (Å²) >= 11 is 0. The van der Waals surface area contributed by atoms with E-state index >= 15 is 0 Å². The van der Waals surface area contributed by atoms with Crippen molar-refractivity contribution in [2.45, 2.75) is 0 Å². The zero-order valence-electron chi connectivity index (χ0n) is 28.9. The Morgan fingerprint density at radius 1 is 0.321 bits per heavy atom. The lowest BCUT2D eigenvalue weighted by Gasteiger charge is -2.17. The van der Waals surface area contributed by atoms with E-state index in [1.54, 1.807) is 0 Å². The van der Waals surface area contributed by atoms with Crippen LogP contribution >= 0.6 is 0 Å². The third-order valence-electron chi connectivity index (χ3n) is 11.0. The number of hydrogen-bond acceptors (Lipinski definition) is 1. The Bertz CT molecular complexity index is 3030. The fraction of sp³-hybridized carbons (Fsp3) is 0. The summed E-state index contributed by atoms with van der Waals surface area (Å²) in [7, 11) is 0. The number of hydrogen-bond donors (Lipinski definition) is 0. The smallest absolute Gasteiger partial charge is 0.0715 e. The second kappa shape index (κ2) is 11.8. The van der Waals surface area contributed by atoms with Crippen LogP contribution in [-0.2, 0) is 0 Å². The number of nitrogens with zero attached hydrogens (tertiary/aromatic N) is 2. The summed E-state index contributed by atoms with van der Waals surface area (Å²) in [5.41, 5.74) is 12.6. The van der Waals surface area contributed by atoms with Gasteiger partial charge in [0.1, 0.15) is 0 Å². The van der Waals surface area contributed by atoms with Crippen LogP contribution in [-0.4, -0.2) is 9.55 Å². The molecule has 2 aromatic heterocycles. The lowest BCUT2D eigenvalue weighted by atomic mass is 9.87. The van der Waals surface area contributed by atoms with Crippen LogP contribution in [0.15, 0.2) is 194 Å². The monoisotopic (exact) mass is 672 g/mol. The van der Waals surface area contributed by atoms with E-state index in [4.69, 9.17) is 4.98 Å². The minimum Gasteiger partial charge on any atom is -0.309 e. The van der Waals surface area contributed by atoms with Crippen molar-refractivity contribution in [2.24, 2.45) is 0 Å². The van der Waals surface area contributed by atoms with Gasteiger partial charge in [0.25, 0.3) is 0 Å². The Morgan fingerprint density at radius 2 is 0.774 bits per heavy atom. The minimum absolute atomic E-state index is 0.972. The van der Waals surface area contributed by atoms with Gasteiger partial charge in [-0.05, 0) is 91.0 Å². The molecule has 11 rings (SSSR count). The normalized spacial score (nSPS) is 11.8. The van der Waals surface area contributed by atoms with Crippen LogP contribution in [0, 0.1) is 0 Å². The highest BCUT2D eigenvalue weighted by Crippen LogP contribution is 2.43. The molecule has 0 aliphatic carbocycles. The van der Waals surface area contributed by atoms with Gasteiger partial charge in [-0.15, -0.1) is 0 Å². The first kappa shape index (κ1) is 29.7. The van der Waals surface area contributed by atoms with Gasteiger partial charge in [-0.3, -0.25) is 0 Å². The molecule has 0 fully saturated rings. The lowest BCUT2D eigenvalue weighted by molar-refractivity contribution is 1.18. The van der Waals surface area contributed by atoms with Gasteiger partial charge in [0.05, 0.1) is 22.4 Å². The molecule has 2 nitrogen and oxygen atoms in total. The van der Waals surface area contributed by atoms with Gasteiger partial charge in [0.2, 0.25) is 0 Å². The summed E-state index contributed by atoms with van der Waals surface area (Å²) < 4.78 is 2.38. The predicted octanol–water partition coefficient (Wildman–Crippen LogP) is 13.7. The molecule has 11 aromatic rings. The van der Waals surface area contributed by atoms with Crippen LogP contribution in [0.3, 0.4) is 0 Å². The van der Waals surface area contributed by atoms with Crippen molar-refractivity contribution in [1.29, 1.82) is 0 Å². The van der Waals surface area contributed by atoms with Gasteiger partial charge in [-0.2, -0.15) is 0 Å². The third-order valence-corrected chi connectivity index (χ3v) is 11.0. The van der Waals surface area contributed by atoms with Crippen LogP contribution in [0.25, 0.3) is 105 Å². The zero-order chi connectivity index (χ0) is 34.9. The number of para-hydroxylation sites is 2. The van der Waals surface area contributed by atoms with Crippen molar-refractivity contribution in [3.05, 3.63) is 194 Å². The molecule has 0 atom stereocenters. The molecule has 0 radical (unpaired) electrons. The summed E-state index contributed by atoms with van der Waals surface area (Å²) in [6.07, 6.45) is 0. The molecule has 53 heavy (non-hydrogen) atoms. The molecule has 0 N–H and O–H groups in total. The van der Waals surface area contributed by atoms with Crippen molar-refractivity contribution >= 4 is 54.1 Å². The second-order valence-electron chi connectivity index (χ2n) is 13.9. The lowest BCUT2D eigenvalue weighted by Crippen LogP contribution is -1.94. The summed E-state index contributed by atoms with van der Waals surface area (Å²) in [6.45, 7) is 0. The van der Waals surface area contributed by atoms with Crippen LogP contribution in [0.5, 0.6) is 0 Å². The van der Waals surface area contributed by atoms with E-state index in [2.05, 4.69) is 199 Å². The maximum absolute atomic E-state index is 5.16. The maximum atomic E-state index is 5.16. The quantitative estimate of drug-likeness (QED) is 0.166. The van der Waals surface area contributed by atoms with E-state index < -0.39 is 0 Å². The average Bonchev–Trinajstić information content (AvgIpc) is 3.57. The Labute approximate surface area is 307 Å². The van der Waals surface area contributed by atoms with Crippen molar-refractivity contribution < 1.29 is 0 Å². The topological polar surface area (TPSA) is 17.8 Å². The van der Waals surface area contributed by atoms with Crippen LogP contribution in [0.2, 0.25) is 0 Å². The molecule has 0 aliphatic heterocycles. The van der Waals surface area contributed by atoms with Crippen molar-refractivity contribution in [2.75, 3.05) is 0 Å². The number of fused-ring (bicyclic) bond motifs is 3. The van der Waals surface area contributed by atoms with Crippen molar-refractivity contribution in [3.8, 4) is 50.5 Å². The van der Waals surface area contributed by atoms with Crippen LogP contribution in [0.4, 0.5) is 0 Å². The summed E-state index contributed by atoms with van der Waals surface area (Å²) in [5.74, 6) is 0. The molecule has 0 saturated carbocycles. The number of pyridine rings is 1. The standard InChI is InChI=1S/C51H32N2/c1-3-11-34(12-4-1)46-31-38(32-47(52-46)35-13-5-2-6-14-35)41-28-22-37-23-29-44-40(27-21-36-24-30-45(41)51(37)50(36)44)33-19-25-39(26-20-33)53-48-17-9-7-15-42(48)43-16-8-10-18-49(43)53/h1-32H. The van der Waals surface area contributed by atoms with E-state index in [9.17, 15) is 0 Å².